The number of likely N-dealkylation sites (tertiary alicyclic amines) is 1. The number of nitrogens with one attached hydrogen (secondary N) is 1. The Morgan fingerprint density at radius 3 is 2.32 bits per heavy atom. The van der Waals surface area contributed by atoms with Crippen LogP contribution in [0.3, 0.4) is 0 Å². The van der Waals surface area contributed by atoms with Gasteiger partial charge in [-0.1, -0.05) is 66.7 Å². The van der Waals surface area contributed by atoms with E-state index in [9.17, 15) is 19.2 Å². The molecule has 8 heteroatoms. The highest BCUT2D eigenvalue weighted by molar-refractivity contribution is 8.13. The molecule has 0 aromatic heterocycles. The molecule has 5 rings (SSSR count). The number of benzene rings is 3. The van der Waals surface area contributed by atoms with Crippen molar-refractivity contribution < 1.29 is 23.9 Å². The molecule has 1 aliphatic heterocycles. The number of alkyl carbamates (subject to hydrolysis) is 1. The molecule has 0 unspecified atom stereocenters. The zero-order valence-electron chi connectivity index (χ0n) is 21.0. The van der Waals surface area contributed by atoms with Crippen LogP contribution in [-0.2, 0) is 14.3 Å². The van der Waals surface area contributed by atoms with Crippen molar-refractivity contribution in [1.29, 1.82) is 0 Å². The summed E-state index contributed by atoms with van der Waals surface area (Å²) in [5.41, 5.74) is 4.93. The van der Waals surface area contributed by atoms with Gasteiger partial charge in [0, 0.05) is 22.9 Å². The number of nitrogens with zero attached hydrogens (tertiary/aromatic N) is 1. The van der Waals surface area contributed by atoms with Gasteiger partial charge in [-0.15, -0.1) is 0 Å². The molecule has 3 aromatic rings. The average molecular weight is 529 g/mol. The van der Waals surface area contributed by atoms with Gasteiger partial charge in [0.05, 0.1) is 0 Å². The molecule has 3 aromatic carbocycles. The number of aldehydes is 1. The second-order valence-electron chi connectivity index (χ2n) is 9.46. The standard InChI is InChI=1S/C30H28N2O5S/c1-19(28(34)32-16-8-14-26(32)29(35)38-27-15-7-2-9-20(27)17-33)31-30(36)37-18-25-23-12-5-3-10-21(23)22-11-4-6-13-24(22)25/h2-7,9-13,15,17,19,25-26H,8,14,16,18H2,1H3,(H,31,36)/t19-,26+/m0/s1. The Hall–Kier alpha value is -3.91. The summed E-state index contributed by atoms with van der Waals surface area (Å²) in [7, 11) is 0. The average Bonchev–Trinajstić information content (AvgIpc) is 3.55. The Balaban J connectivity index is 1.19. The van der Waals surface area contributed by atoms with Gasteiger partial charge in [0.1, 0.15) is 18.7 Å². The van der Waals surface area contributed by atoms with Crippen LogP contribution >= 0.6 is 11.8 Å². The molecule has 2 aliphatic rings. The topological polar surface area (TPSA) is 92.8 Å². The number of carbonyl (C=O) groups is 4. The Morgan fingerprint density at radius 1 is 1.00 bits per heavy atom. The Bertz CT molecular complexity index is 1340. The number of ether oxygens (including phenoxy) is 1. The highest BCUT2D eigenvalue weighted by atomic mass is 32.2. The van der Waals surface area contributed by atoms with Gasteiger partial charge in [0.25, 0.3) is 0 Å². The highest BCUT2D eigenvalue weighted by Gasteiger charge is 2.37. The van der Waals surface area contributed by atoms with Crippen LogP contribution in [0.2, 0.25) is 0 Å². The number of hydrogen-bond donors (Lipinski definition) is 1. The zero-order chi connectivity index (χ0) is 26.6. The van der Waals surface area contributed by atoms with Crippen molar-refractivity contribution in [1.82, 2.24) is 10.2 Å². The zero-order valence-corrected chi connectivity index (χ0v) is 21.8. The van der Waals surface area contributed by atoms with E-state index in [-0.39, 0.29) is 23.5 Å². The molecule has 1 heterocycles. The number of hydrogen-bond acceptors (Lipinski definition) is 6. The summed E-state index contributed by atoms with van der Waals surface area (Å²) in [4.78, 5) is 52.3. The van der Waals surface area contributed by atoms with Crippen LogP contribution in [0.25, 0.3) is 11.1 Å². The molecule has 0 radical (unpaired) electrons. The van der Waals surface area contributed by atoms with Gasteiger partial charge in [-0.05, 0) is 59.8 Å². The van der Waals surface area contributed by atoms with Gasteiger partial charge < -0.3 is 15.0 Å². The lowest BCUT2D eigenvalue weighted by atomic mass is 9.98. The van der Waals surface area contributed by atoms with E-state index < -0.39 is 18.2 Å². The van der Waals surface area contributed by atoms with Crippen LogP contribution in [0, 0.1) is 0 Å². The summed E-state index contributed by atoms with van der Waals surface area (Å²) < 4.78 is 5.58. The quantitative estimate of drug-likeness (QED) is 0.341. The first-order chi connectivity index (χ1) is 18.5. The molecular weight excluding hydrogens is 500 g/mol. The third-order valence-electron chi connectivity index (χ3n) is 7.11. The first-order valence-corrected chi connectivity index (χ1v) is 13.5. The molecule has 0 spiro atoms. The van der Waals surface area contributed by atoms with Gasteiger partial charge in [-0.2, -0.15) is 0 Å². The Morgan fingerprint density at radius 2 is 1.63 bits per heavy atom. The first kappa shape index (κ1) is 25.7. The summed E-state index contributed by atoms with van der Waals surface area (Å²) in [6.07, 6.45) is 1.27. The lowest BCUT2D eigenvalue weighted by molar-refractivity contribution is -0.136. The maximum Gasteiger partial charge on any atom is 0.407 e. The van der Waals surface area contributed by atoms with E-state index in [4.69, 9.17) is 4.74 Å². The van der Waals surface area contributed by atoms with Gasteiger partial charge in [-0.3, -0.25) is 14.4 Å². The summed E-state index contributed by atoms with van der Waals surface area (Å²) in [6.45, 7) is 2.18. The van der Waals surface area contributed by atoms with Crippen LogP contribution < -0.4 is 5.32 Å². The van der Waals surface area contributed by atoms with E-state index in [1.165, 1.54) is 4.90 Å². The van der Waals surface area contributed by atoms with E-state index in [2.05, 4.69) is 17.4 Å². The summed E-state index contributed by atoms with van der Waals surface area (Å²) in [5.74, 6) is -0.412. The SMILES string of the molecule is C[C@H](NC(=O)OCC1c2ccccc2-c2ccccc21)C(=O)N1CCC[C@@H]1C(=O)Sc1ccccc1C=O. The molecule has 1 fully saturated rings. The molecule has 0 bridgehead atoms. The molecule has 2 amide bonds. The number of amides is 2. The molecule has 1 N–H and O–H groups in total. The van der Waals surface area contributed by atoms with Crippen molar-refractivity contribution in [3.8, 4) is 11.1 Å². The molecule has 1 aliphatic carbocycles. The van der Waals surface area contributed by atoms with Gasteiger partial charge in [-0.25, -0.2) is 4.79 Å². The maximum atomic E-state index is 13.2. The number of thioether (sulfide) groups is 1. The van der Waals surface area contributed by atoms with Crippen molar-refractivity contribution >= 4 is 35.2 Å². The van der Waals surface area contributed by atoms with Crippen LogP contribution in [0.5, 0.6) is 0 Å². The third-order valence-corrected chi connectivity index (χ3v) is 8.18. The minimum Gasteiger partial charge on any atom is -0.449 e. The highest BCUT2D eigenvalue weighted by Crippen LogP contribution is 2.44. The van der Waals surface area contributed by atoms with E-state index in [1.807, 2.05) is 36.4 Å². The Labute approximate surface area is 225 Å². The normalized spacial score (nSPS) is 16.9. The second-order valence-corrected chi connectivity index (χ2v) is 10.5. The van der Waals surface area contributed by atoms with Gasteiger partial charge in [0.2, 0.25) is 11.0 Å². The van der Waals surface area contributed by atoms with E-state index >= 15 is 0 Å². The summed E-state index contributed by atoms with van der Waals surface area (Å²) in [5, 5.41) is 2.44. The van der Waals surface area contributed by atoms with E-state index in [1.54, 1.807) is 31.2 Å². The molecule has 2 atom stereocenters. The van der Waals surface area contributed by atoms with Crippen molar-refractivity contribution in [3.05, 3.63) is 89.5 Å². The predicted molar refractivity (Wildman–Crippen MR) is 145 cm³/mol. The fourth-order valence-electron chi connectivity index (χ4n) is 5.25. The first-order valence-electron chi connectivity index (χ1n) is 12.7. The maximum absolute atomic E-state index is 13.2. The molecule has 38 heavy (non-hydrogen) atoms. The van der Waals surface area contributed by atoms with Crippen molar-refractivity contribution in [3.63, 3.8) is 0 Å². The number of carbonyl (C=O) groups excluding carboxylic acids is 4. The third kappa shape index (κ3) is 5.09. The predicted octanol–water partition coefficient (Wildman–Crippen LogP) is 5.04. The molecule has 7 nitrogen and oxygen atoms in total. The lowest BCUT2D eigenvalue weighted by Crippen LogP contribution is -2.50. The van der Waals surface area contributed by atoms with Gasteiger partial charge in [0.15, 0.2) is 6.29 Å². The summed E-state index contributed by atoms with van der Waals surface area (Å²) >= 11 is 0.974. The fourth-order valence-corrected chi connectivity index (χ4v) is 6.23. The largest absolute Gasteiger partial charge is 0.449 e. The fraction of sp³-hybridized carbons (Fsp3) is 0.267. The second kappa shape index (κ2) is 11.2. The lowest BCUT2D eigenvalue weighted by Gasteiger charge is -2.26. The van der Waals surface area contributed by atoms with E-state index in [0.29, 0.717) is 36.1 Å². The summed E-state index contributed by atoms with van der Waals surface area (Å²) in [6, 6.07) is 21.6. The van der Waals surface area contributed by atoms with E-state index in [0.717, 1.165) is 34.0 Å². The molecular formula is C30H28N2O5S. The number of rotatable bonds is 7. The molecule has 1 saturated heterocycles. The van der Waals surface area contributed by atoms with Crippen LogP contribution in [-0.4, -0.2) is 53.5 Å². The molecule has 194 valence electrons. The van der Waals surface area contributed by atoms with Crippen LogP contribution in [0.4, 0.5) is 4.79 Å². The van der Waals surface area contributed by atoms with Crippen molar-refractivity contribution in [2.24, 2.45) is 0 Å². The monoisotopic (exact) mass is 528 g/mol. The van der Waals surface area contributed by atoms with Crippen LogP contribution in [0.1, 0.15) is 47.2 Å². The smallest absolute Gasteiger partial charge is 0.407 e. The van der Waals surface area contributed by atoms with Crippen LogP contribution in [0.15, 0.2) is 77.7 Å². The Kier molecular flexibility index (Phi) is 7.60. The van der Waals surface area contributed by atoms with Crippen molar-refractivity contribution in [2.75, 3.05) is 13.2 Å². The van der Waals surface area contributed by atoms with Gasteiger partial charge >= 0.3 is 6.09 Å². The minimum absolute atomic E-state index is 0.0778. The molecule has 0 saturated carbocycles. The minimum atomic E-state index is -0.855. The van der Waals surface area contributed by atoms with Crippen molar-refractivity contribution in [2.45, 2.75) is 42.7 Å². The number of fused-ring (bicyclic) bond motifs is 3.